The maximum atomic E-state index is 5.80. The van der Waals surface area contributed by atoms with Gasteiger partial charge in [0.15, 0.2) is 0 Å². The van der Waals surface area contributed by atoms with Gasteiger partial charge in [-0.05, 0) is 38.5 Å². The van der Waals surface area contributed by atoms with Gasteiger partial charge in [0.1, 0.15) is 17.5 Å². The van der Waals surface area contributed by atoms with E-state index in [9.17, 15) is 0 Å². The number of hydrogen-bond acceptors (Lipinski definition) is 4. The second-order valence-corrected chi connectivity index (χ2v) is 5.08. The first-order valence-electron chi connectivity index (χ1n) is 6.13. The Morgan fingerprint density at radius 3 is 2.69 bits per heavy atom. The Morgan fingerprint density at radius 2 is 2.06 bits per heavy atom. The van der Waals surface area contributed by atoms with E-state index in [2.05, 4.69) is 22.2 Å². The molecule has 3 rings (SSSR count). The number of aromatic nitrogens is 2. The summed E-state index contributed by atoms with van der Waals surface area (Å²) >= 11 is 0. The minimum absolute atomic E-state index is 0.501. The summed E-state index contributed by atoms with van der Waals surface area (Å²) in [5, 5.41) is 3.44. The fraction of sp³-hybridized carbons (Fsp3) is 0.667. The van der Waals surface area contributed by atoms with Crippen LogP contribution in [0.2, 0.25) is 0 Å². The van der Waals surface area contributed by atoms with Crippen LogP contribution in [-0.2, 0) is 0 Å². The second-order valence-electron chi connectivity index (χ2n) is 5.08. The van der Waals surface area contributed by atoms with Gasteiger partial charge in [0.25, 0.3) is 0 Å². The first kappa shape index (κ1) is 9.87. The molecule has 2 aliphatic rings. The van der Waals surface area contributed by atoms with Crippen LogP contribution in [0.5, 0.6) is 0 Å². The molecule has 1 aromatic heterocycles. The van der Waals surface area contributed by atoms with E-state index in [1.54, 1.807) is 0 Å². The summed E-state index contributed by atoms with van der Waals surface area (Å²) in [5.74, 6) is 3.78. The Kier molecular flexibility index (Phi) is 2.23. The van der Waals surface area contributed by atoms with Gasteiger partial charge in [-0.25, -0.2) is 9.97 Å². The molecule has 0 spiro atoms. The van der Waals surface area contributed by atoms with Gasteiger partial charge in [-0.2, -0.15) is 0 Å². The lowest BCUT2D eigenvalue weighted by Crippen LogP contribution is -2.19. The molecule has 4 heteroatoms. The van der Waals surface area contributed by atoms with Crippen LogP contribution in [0.3, 0.4) is 0 Å². The molecule has 1 atom stereocenters. The normalized spacial score (nSPS) is 21.8. The molecule has 1 heterocycles. The van der Waals surface area contributed by atoms with E-state index in [1.165, 1.54) is 25.7 Å². The van der Waals surface area contributed by atoms with E-state index in [0.29, 0.717) is 17.8 Å². The minimum atomic E-state index is 0.501. The van der Waals surface area contributed by atoms with E-state index < -0.39 is 0 Å². The van der Waals surface area contributed by atoms with Gasteiger partial charge in [-0.3, -0.25) is 0 Å². The van der Waals surface area contributed by atoms with Crippen molar-refractivity contribution < 1.29 is 0 Å². The molecule has 1 unspecified atom stereocenters. The van der Waals surface area contributed by atoms with Gasteiger partial charge in [-0.1, -0.05) is 0 Å². The van der Waals surface area contributed by atoms with Crippen molar-refractivity contribution >= 4 is 11.6 Å². The number of nitrogen functional groups attached to an aromatic ring is 1. The third kappa shape index (κ3) is 2.10. The molecule has 0 radical (unpaired) electrons. The smallest absolute Gasteiger partial charge is 0.136 e. The summed E-state index contributed by atoms with van der Waals surface area (Å²) in [7, 11) is 0. The number of rotatable bonds is 4. The Morgan fingerprint density at radius 1 is 1.31 bits per heavy atom. The molecule has 3 N–H and O–H groups in total. The number of nitrogens with zero attached hydrogens (tertiary/aromatic N) is 2. The van der Waals surface area contributed by atoms with Crippen LogP contribution in [0.1, 0.15) is 44.3 Å². The second kappa shape index (κ2) is 3.61. The molecule has 2 saturated carbocycles. The van der Waals surface area contributed by atoms with E-state index in [1.807, 2.05) is 6.07 Å². The van der Waals surface area contributed by atoms with Gasteiger partial charge < -0.3 is 11.1 Å². The Labute approximate surface area is 95.7 Å². The van der Waals surface area contributed by atoms with Crippen LogP contribution in [-0.4, -0.2) is 16.0 Å². The minimum Gasteiger partial charge on any atom is -0.384 e. The van der Waals surface area contributed by atoms with Crippen molar-refractivity contribution in [2.24, 2.45) is 5.92 Å². The molecule has 86 valence electrons. The van der Waals surface area contributed by atoms with E-state index in [4.69, 9.17) is 5.73 Å². The topological polar surface area (TPSA) is 63.8 Å². The molecular weight excluding hydrogens is 200 g/mol. The van der Waals surface area contributed by atoms with Crippen LogP contribution < -0.4 is 11.1 Å². The predicted octanol–water partition coefficient (Wildman–Crippen LogP) is 2.15. The number of nitrogens with one attached hydrogen (secondary N) is 1. The highest BCUT2D eigenvalue weighted by Crippen LogP contribution is 2.39. The van der Waals surface area contributed by atoms with Gasteiger partial charge >= 0.3 is 0 Å². The van der Waals surface area contributed by atoms with Gasteiger partial charge in [0, 0.05) is 18.0 Å². The molecule has 2 fully saturated rings. The molecular formula is C12H18N4. The standard InChI is InChI=1S/C12H18N4/c1-7(8-2-3-8)14-11-6-10(13)15-12(16-11)9-4-5-9/h6-9H,2-5H2,1H3,(H3,13,14,15,16). The predicted molar refractivity (Wildman–Crippen MR) is 64.2 cm³/mol. The number of anilines is 2. The van der Waals surface area contributed by atoms with Crippen LogP contribution in [0.15, 0.2) is 6.07 Å². The van der Waals surface area contributed by atoms with Crippen molar-refractivity contribution in [2.75, 3.05) is 11.1 Å². The van der Waals surface area contributed by atoms with Gasteiger partial charge in [0.2, 0.25) is 0 Å². The molecule has 4 nitrogen and oxygen atoms in total. The van der Waals surface area contributed by atoms with Crippen molar-refractivity contribution in [2.45, 2.75) is 44.6 Å². The number of hydrogen-bond donors (Lipinski definition) is 2. The highest BCUT2D eigenvalue weighted by molar-refractivity contribution is 5.46. The van der Waals surface area contributed by atoms with Crippen molar-refractivity contribution in [3.8, 4) is 0 Å². The lowest BCUT2D eigenvalue weighted by atomic mass is 10.2. The molecule has 1 aromatic rings. The van der Waals surface area contributed by atoms with Gasteiger partial charge in [-0.15, -0.1) is 0 Å². The summed E-state index contributed by atoms with van der Waals surface area (Å²) in [6, 6.07) is 2.34. The van der Waals surface area contributed by atoms with E-state index in [-0.39, 0.29) is 0 Å². The first-order valence-corrected chi connectivity index (χ1v) is 6.13. The fourth-order valence-corrected chi connectivity index (χ4v) is 2.03. The summed E-state index contributed by atoms with van der Waals surface area (Å²) in [4.78, 5) is 8.83. The summed E-state index contributed by atoms with van der Waals surface area (Å²) < 4.78 is 0. The van der Waals surface area contributed by atoms with Gasteiger partial charge in [0.05, 0.1) is 0 Å². The first-order chi connectivity index (χ1) is 7.72. The van der Waals surface area contributed by atoms with Crippen molar-refractivity contribution in [3.63, 3.8) is 0 Å². The lowest BCUT2D eigenvalue weighted by Gasteiger charge is -2.14. The van der Waals surface area contributed by atoms with E-state index in [0.717, 1.165) is 17.6 Å². The Balaban J connectivity index is 1.76. The molecule has 0 amide bonds. The Bertz CT molecular complexity index is 396. The average molecular weight is 218 g/mol. The SMILES string of the molecule is CC(Nc1cc(N)nc(C2CC2)n1)C1CC1. The number of nitrogens with two attached hydrogens (primary N) is 1. The molecule has 0 aromatic carbocycles. The summed E-state index contributed by atoms with van der Waals surface area (Å²) in [6.45, 7) is 2.22. The van der Waals surface area contributed by atoms with Crippen LogP contribution >= 0.6 is 0 Å². The third-order valence-corrected chi connectivity index (χ3v) is 3.41. The quantitative estimate of drug-likeness (QED) is 0.812. The maximum Gasteiger partial charge on any atom is 0.136 e. The fourth-order valence-electron chi connectivity index (χ4n) is 2.03. The molecule has 0 saturated heterocycles. The zero-order valence-corrected chi connectivity index (χ0v) is 9.61. The van der Waals surface area contributed by atoms with Crippen LogP contribution in [0, 0.1) is 5.92 Å². The zero-order valence-electron chi connectivity index (χ0n) is 9.61. The Hall–Kier alpha value is -1.32. The molecule has 2 aliphatic carbocycles. The highest BCUT2D eigenvalue weighted by Gasteiger charge is 2.29. The van der Waals surface area contributed by atoms with Crippen molar-refractivity contribution in [3.05, 3.63) is 11.9 Å². The zero-order chi connectivity index (χ0) is 11.1. The van der Waals surface area contributed by atoms with Crippen LogP contribution in [0.25, 0.3) is 0 Å². The summed E-state index contributed by atoms with van der Waals surface area (Å²) in [6.07, 6.45) is 5.09. The largest absolute Gasteiger partial charge is 0.384 e. The van der Waals surface area contributed by atoms with Crippen LogP contribution in [0.4, 0.5) is 11.6 Å². The maximum absolute atomic E-state index is 5.80. The van der Waals surface area contributed by atoms with E-state index >= 15 is 0 Å². The monoisotopic (exact) mass is 218 g/mol. The summed E-state index contributed by atoms with van der Waals surface area (Å²) in [5.41, 5.74) is 5.80. The third-order valence-electron chi connectivity index (χ3n) is 3.41. The highest BCUT2D eigenvalue weighted by atomic mass is 15.1. The average Bonchev–Trinajstić information content (AvgIpc) is 3.10. The molecule has 16 heavy (non-hydrogen) atoms. The van der Waals surface area contributed by atoms with Crippen molar-refractivity contribution in [1.82, 2.24) is 9.97 Å². The molecule has 0 bridgehead atoms. The van der Waals surface area contributed by atoms with Crippen molar-refractivity contribution in [1.29, 1.82) is 0 Å². The lowest BCUT2D eigenvalue weighted by molar-refractivity contribution is 0.689. The molecule has 0 aliphatic heterocycles.